The van der Waals surface area contributed by atoms with Crippen molar-refractivity contribution in [3.8, 4) is 11.5 Å². The van der Waals surface area contributed by atoms with Crippen LogP contribution in [0.25, 0.3) is 6.08 Å². The molecule has 0 saturated carbocycles. The monoisotopic (exact) mass is 357 g/mol. The van der Waals surface area contributed by atoms with Gasteiger partial charge in [0.05, 0.1) is 18.8 Å². The summed E-state index contributed by atoms with van der Waals surface area (Å²) in [5, 5.41) is 14.5. The first-order valence-corrected chi connectivity index (χ1v) is 9.24. The van der Waals surface area contributed by atoms with Crippen LogP contribution in [-0.4, -0.2) is 32.1 Å². The Bertz CT molecular complexity index is 836. The highest BCUT2D eigenvalue weighted by Crippen LogP contribution is 2.40. The molecule has 25 heavy (non-hydrogen) atoms. The lowest BCUT2D eigenvalue weighted by atomic mass is 9.99. The number of carbonyl (C=O) groups excluding carboxylic acids is 1. The molecule has 5 nitrogen and oxygen atoms in total. The van der Waals surface area contributed by atoms with Gasteiger partial charge in [0.2, 0.25) is 5.78 Å². The van der Waals surface area contributed by atoms with Crippen molar-refractivity contribution in [2.45, 2.75) is 13.5 Å². The minimum atomic E-state index is -0.140. The molecule has 1 aromatic heterocycles. The molecule has 2 aliphatic heterocycles. The Kier molecular flexibility index (Phi) is 4.33. The van der Waals surface area contributed by atoms with Crippen molar-refractivity contribution >= 4 is 23.2 Å². The number of benzene rings is 1. The quantitative estimate of drug-likeness (QED) is 0.838. The maximum atomic E-state index is 12.8. The van der Waals surface area contributed by atoms with Crippen LogP contribution < -0.4 is 14.7 Å². The molecule has 0 unspecified atom stereocenters. The molecule has 1 N–H and O–H groups in total. The number of fused-ring (bicyclic) bond motifs is 1. The molecular formula is C19H19NO4S. The van der Waals surface area contributed by atoms with E-state index < -0.39 is 0 Å². The molecule has 0 bridgehead atoms. The molecule has 4 rings (SSSR count). The Hall–Kier alpha value is -2.15. The molecule has 6 heteroatoms. The molecule has 0 atom stereocenters. The summed E-state index contributed by atoms with van der Waals surface area (Å²) in [5.41, 5.74) is 1.81. The van der Waals surface area contributed by atoms with Gasteiger partial charge in [-0.05, 0) is 23.9 Å². The van der Waals surface area contributed by atoms with Gasteiger partial charge < -0.3 is 19.5 Å². The average molecular weight is 357 g/mol. The van der Waals surface area contributed by atoms with Crippen molar-refractivity contribution in [1.82, 2.24) is 0 Å². The number of allylic oxidation sites excluding steroid dienone is 1. The van der Waals surface area contributed by atoms with E-state index in [9.17, 15) is 9.90 Å². The lowest BCUT2D eigenvalue weighted by Gasteiger charge is -2.26. The highest BCUT2D eigenvalue weighted by molar-refractivity contribution is 7.10. The smallest absolute Gasteiger partial charge is 0.232 e. The van der Waals surface area contributed by atoms with Crippen LogP contribution in [0.3, 0.4) is 0 Å². The number of nitrogens with one attached hydrogen (secondary N) is 1. The van der Waals surface area contributed by atoms with Crippen LogP contribution in [0, 0.1) is 6.92 Å². The van der Waals surface area contributed by atoms with Crippen LogP contribution >= 0.6 is 11.3 Å². The predicted octanol–water partition coefficient (Wildman–Crippen LogP) is 1.16. The summed E-state index contributed by atoms with van der Waals surface area (Å²) >= 11 is 1.54. The number of aryl methyl sites for hydroxylation is 1. The van der Waals surface area contributed by atoms with E-state index in [1.54, 1.807) is 30.4 Å². The maximum absolute atomic E-state index is 12.8. The van der Waals surface area contributed by atoms with Crippen LogP contribution in [0.5, 0.6) is 11.5 Å². The molecule has 2 aliphatic rings. The topological polar surface area (TPSA) is 63.0 Å². The summed E-state index contributed by atoms with van der Waals surface area (Å²) in [6.45, 7) is 5.45. The van der Waals surface area contributed by atoms with Crippen molar-refractivity contribution in [2.75, 3.05) is 26.3 Å². The third-order valence-electron chi connectivity index (χ3n) is 4.65. The first-order chi connectivity index (χ1) is 12.1. The van der Waals surface area contributed by atoms with E-state index in [0.717, 1.165) is 18.0 Å². The number of Topliss-reactive ketones (excluding diaryl/α,β-unsaturated/α-hetero) is 1. The van der Waals surface area contributed by atoms with Gasteiger partial charge in [-0.25, -0.2) is 0 Å². The molecule has 1 aromatic carbocycles. The number of hydrogen-bond acceptors (Lipinski definition) is 5. The fourth-order valence-corrected chi connectivity index (χ4v) is 3.97. The van der Waals surface area contributed by atoms with Crippen molar-refractivity contribution in [1.29, 1.82) is 0 Å². The standard InChI is InChI=1S/C19H19NO4S/c1-12-9-15(21)14(11-20-4-6-23-7-5-20)19-17(12)18(22)16(24-19)10-13-3-2-8-25-13/h2-3,8-10,21H,4-7,11H2,1H3. The van der Waals surface area contributed by atoms with Crippen LogP contribution in [0.1, 0.15) is 26.4 Å². The molecular weight excluding hydrogens is 338 g/mol. The Morgan fingerprint density at radius 1 is 1.36 bits per heavy atom. The zero-order valence-corrected chi connectivity index (χ0v) is 14.8. The largest absolute Gasteiger partial charge is 0.872 e. The molecule has 3 heterocycles. The van der Waals surface area contributed by atoms with Gasteiger partial charge in [-0.15, -0.1) is 11.3 Å². The molecule has 0 amide bonds. The van der Waals surface area contributed by atoms with Crippen molar-refractivity contribution in [3.63, 3.8) is 0 Å². The number of ketones is 1. The van der Waals surface area contributed by atoms with Gasteiger partial charge in [-0.1, -0.05) is 17.9 Å². The van der Waals surface area contributed by atoms with Crippen molar-refractivity contribution < 1.29 is 24.3 Å². The van der Waals surface area contributed by atoms with Gasteiger partial charge >= 0.3 is 0 Å². The van der Waals surface area contributed by atoms with E-state index in [0.29, 0.717) is 48.0 Å². The minimum absolute atomic E-state index is 0.0552. The maximum Gasteiger partial charge on any atom is 0.232 e. The third kappa shape index (κ3) is 3.08. The second-order valence-corrected chi connectivity index (χ2v) is 7.35. The van der Waals surface area contributed by atoms with Gasteiger partial charge in [0, 0.05) is 16.5 Å². The fourth-order valence-electron chi connectivity index (χ4n) is 3.32. The Morgan fingerprint density at radius 2 is 2.16 bits per heavy atom. The third-order valence-corrected chi connectivity index (χ3v) is 5.47. The van der Waals surface area contributed by atoms with E-state index in [1.807, 2.05) is 17.5 Å². The molecule has 0 radical (unpaired) electrons. The number of hydrogen-bond donors (Lipinski definition) is 1. The number of morpholine rings is 1. The molecule has 0 aliphatic carbocycles. The Balaban J connectivity index is 1.71. The summed E-state index contributed by atoms with van der Waals surface area (Å²) in [6, 6.07) is 5.42. The summed E-state index contributed by atoms with van der Waals surface area (Å²) in [5.74, 6) is 0.556. The van der Waals surface area contributed by atoms with E-state index >= 15 is 0 Å². The lowest BCUT2D eigenvalue weighted by Crippen LogP contribution is -3.12. The first kappa shape index (κ1) is 16.3. The average Bonchev–Trinajstić information content (AvgIpc) is 3.22. The van der Waals surface area contributed by atoms with E-state index in [1.165, 1.54) is 4.90 Å². The van der Waals surface area contributed by atoms with Crippen LogP contribution in [0.4, 0.5) is 0 Å². The summed E-state index contributed by atoms with van der Waals surface area (Å²) in [7, 11) is 0. The zero-order valence-electron chi connectivity index (χ0n) is 14.0. The van der Waals surface area contributed by atoms with Gasteiger partial charge in [0.1, 0.15) is 25.4 Å². The molecule has 1 fully saturated rings. The lowest BCUT2D eigenvalue weighted by molar-refractivity contribution is -0.921. The highest BCUT2D eigenvalue weighted by Gasteiger charge is 2.33. The van der Waals surface area contributed by atoms with Crippen molar-refractivity contribution in [3.05, 3.63) is 50.9 Å². The van der Waals surface area contributed by atoms with E-state index in [-0.39, 0.29) is 11.5 Å². The van der Waals surface area contributed by atoms with Gasteiger partial charge in [0.15, 0.2) is 5.76 Å². The van der Waals surface area contributed by atoms with Gasteiger partial charge in [-0.3, -0.25) is 4.79 Å². The highest BCUT2D eigenvalue weighted by atomic mass is 32.1. The normalized spacial score (nSPS) is 19.2. The first-order valence-electron chi connectivity index (χ1n) is 8.36. The van der Waals surface area contributed by atoms with E-state index in [2.05, 4.69) is 0 Å². The van der Waals surface area contributed by atoms with Crippen LogP contribution in [0.2, 0.25) is 0 Å². The minimum Gasteiger partial charge on any atom is -0.872 e. The number of thiophene rings is 1. The molecule has 2 aromatic rings. The fraction of sp³-hybridized carbons (Fsp3) is 0.316. The van der Waals surface area contributed by atoms with E-state index in [4.69, 9.17) is 9.47 Å². The number of ether oxygens (including phenoxy) is 2. The predicted molar refractivity (Wildman–Crippen MR) is 93.1 cm³/mol. The summed E-state index contributed by atoms with van der Waals surface area (Å²) < 4.78 is 11.3. The summed E-state index contributed by atoms with van der Waals surface area (Å²) in [4.78, 5) is 15.0. The Morgan fingerprint density at radius 3 is 2.88 bits per heavy atom. The molecule has 0 spiro atoms. The number of quaternary nitrogens is 1. The number of rotatable bonds is 3. The molecule has 1 saturated heterocycles. The molecule has 130 valence electrons. The summed E-state index contributed by atoms with van der Waals surface area (Å²) in [6.07, 6.45) is 1.75. The Labute approximate surface area is 150 Å². The number of carbonyl (C=O) groups is 1. The van der Waals surface area contributed by atoms with Gasteiger partial charge in [-0.2, -0.15) is 0 Å². The second kappa shape index (κ2) is 6.63. The van der Waals surface area contributed by atoms with Crippen LogP contribution in [0.15, 0.2) is 29.3 Å². The second-order valence-electron chi connectivity index (χ2n) is 6.37. The SMILES string of the molecule is Cc1cc([O-])c(C[NH+]2CCOCC2)c2c1C(=O)C(=Cc1cccs1)O2. The van der Waals surface area contributed by atoms with Crippen LogP contribution in [-0.2, 0) is 11.3 Å². The van der Waals surface area contributed by atoms with Crippen molar-refractivity contribution in [2.24, 2.45) is 0 Å². The van der Waals surface area contributed by atoms with Gasteiger partial charge in [0.25, 0.3) is 0 Å². The zero-order chi connectivity index (χ0) is 17.4.